The minimum Gasteiger partial charge on any atom is -0.399 e. The summed E-state index contributed by atoms with van der Waals surface area (Å²) in [6, 6.07) is 21.7. The van der Waals surface area contributed by atoms with Crippen molar-refractivity contribution in [3.63, 3.8) is 0 Å². The molecule has 6 N–H and O–H groups in total. The Morgan fingerprint density at radius 3 is 1.45 bits per heavy atom. The van der Waals surface area contributed by atoms with E-state index in [9.17, 15) is 47.4 Å². The van der Waals surface area contributed by atoms with Gasteiger partial charge in [0.05, 0.1) is 50.8 Å². The summed E-state index contributed by atoms with van der Waals surface area (Å²) in [7, 11) is -0.556. The molecule has 14 rings (SSSR count). The highest BCUT2D eigenvalue weighted by Crippen LogP contribution is 2.39. The highest BCUT2D eigenvalue weighted by Gasteiger charge is 2.52. The van der Waals surface area contributed by atoms with Crippen LogP contribution in [0.4, 0.5) is 63.2 Å². The Labute approximate surface area is 631 Å². The van der Waals surface area contributed by atoms with E-state index in [1.165, 1.54) is 9.80 Å². The number of alkyl halides is 3. The standard InChI is InChI=1S/C27H35N5O4.C20H28BF3N2O3.C13H16ClN3O3.C9H10Cl2N2O.C4H7NO2/c1-3-19-6-8-31(17-19)27(35)28-21-5-4-18(2)22(16-21)20-14-24(30-10-12-36-13-11-30)29-25(15-20)32-9-7-23(33)26(32)34;1-13-6-7-15(10-16(13)21-28-18(2,3)19(4,5)29-21)25-17(27)26-9-8-14(12-26)11-20(22,23)24;14-9-7-11(16-3-5-20-6-4-16)15-12(8-9)17-2-1-10(18)13(17)19;10-7-5-8(11)12-9(6-7)13-1-3-14-4-2-13;6-3-1-2-5-4(3)7/h4-5,14-16,19,23,33H,3,6-13,17H2,1-2H3,(H,28,35);6-7,10,14H,8-9,11-12H2,1-5H3,(H,25,27);7-8,10,18H,1-6H2;5-6H,1-4H2;3,6H,1-2H2,(H,5,7)/t19-,23?;14-;;;/m10.../s1. The van der Waals surface area contributed by atoms with Crippen molar-refractivity contribution in [3.05, 3.63) is 99.1 Å². The molecule has 9 aliphatic rings. The number of carbonyl (C=O) groups is 5. The lowest BCUT2D eigenvalue weighted by atomic mass is 9.76. The summed E-state index contributed by atoms with van der Waals surface area (Å²) in [5.74, 6) is 2.54. The zero-order valence-corrected chi connectivity index (χ0v) is 63.2. The lowest BCUT2D eigenvalue weighted by Crippen LogP contribution is -2.41. The van der Waals surface area contributed by atoms with Gasteiger partial charge in [-0.05, 0) is 155 Å². The van der Waals surface area contributed by atoms with Gasteiger partial charge in [0.15, 0.2) is 0 Å². The molecular formula is C73H96BCl3F3N13O13. The highest BCUT2D eigenvalue weighted by molar-refractivity contribution is 6.62. The lowest BCUT2D eigenvalue weighted by molar-refractivity contribution is -0.143. The van der Waals surface area contributed by atoms with E-state index in [1.807, 2.05) is 88.9 Å². The number of aliphatic hydroxyl groups is 3. The van der Waals surface area contributed by atoms with Crippen molar-refractivity contribution in [2.45, 2.75) is 129 Å². The Balaban J connectivity index is 0.000000153. The monoisotopic (exact) mass is 1540 g/mol. The zero-order chi connectivity index (χ0) is 76.2. The number of rotatable bonds is 11. The molecule has 2 aromatic carbocycles. The molecule has 0 bridgehead atoms. The SMILES string of the molecule is CC[C@@H]1CCN(C(=O)Nc2ccc(C)c(-c3cc(N4CCOCC4)nc(N4CCC(O)C4=O)c3)c2)C1.Cc1ccc(NC(=O)N2CC[C@@H](CC(F)(F)F)C2)cc1B1OC(C)(C)C(C)(C)O1.Clc1cc(Cl)nc(N2CCOCC2)c1.O=C1C(O)CCN1c1cc(Cl)cc(N2CCOCC2)n1.O=C1NCCC1O. The molecular weight excluding hydrogens is 1440 g/mol. The van der Waals surface area contributed by atoms with Gasteiger partial charge in [0.2, 0.25) is 5.91 Å². The molecule has 576 valence electrons. The van der Waals surface area contributed by atoms with E-state index < -0.39 is 61.2 Å². The van der Waals surface area contributed by atoms with Gasteiger partial charge >= 0.3 is 25.4 Å². The smallest absolute Gasteiger partial charge is 0.399 e. The molecule has 3 aromatic heterocycles. The molecule has 26 nitrogen and oxygen atoms in total. The third-order valence-corrected chi connectivity index (χ3v) is 21.0. The Morgan fingerprint density at radius 1 is 0.566 bits per heavy atom. The first-order valence-electron chi connectivity index (χ1n) is 36.1. The second-order valence-electron chi connectivity index (χ2n) is 28.5. The van der Waals surface area contributed by atoms with Gasteiger partial charge in [-0.1, -0.05) is 65.8 Å². The summed E-state index contributed by atoms with van der Waals surface area (Å²) in [6.45, 7) is 26.2. The Hall–Kier alpha value is -7.36. The number of aryl methyl sites for hydroxylation is 2. The molecule has 5 atom stereocenters. The maximum Gasteiger partial charge on any atom is 0.495 e. The number of hydrogen-bond donors (Lipinski definition) is 6. The molecule has 106 heavy (non-hydrogen) atoms. The summed E-state index contributed by atoms with van der Waals surface area (Å²) in [5.41, 5.74) is 5.05. The summed E-state index contributed by atoms with van der Waals surface area (Å²) in [5, 5.41) is 38.1. The van der Waals surface area contributed by atoms with Crippen molar-refractivity contribution in [1.82, 2.24) is 30.1 Å². The zero-order valence-electron chi connectivity index (χ0n) is 60.9. The number of anilines is 7. The highest BCUT2D eigenvalue weighted by atomic mass is 35.5. The van der Waals surface area contributed by atoms with E-state index in [2.05, 4.69) is 47.5 Å². The van der Waals surface area contributed by atoms with Crippen molar-refractivity contribution in [2.75, 3.05) is 160 Å². The Morgan fingerprint density at radius 2 is 1.01 bits per heavy atom. The van der Waals surface area contributed by atoms with E-state index in [0.29, 0.717) is 117 Å². The van der Waals surface area contributed by atoms with Crippen LogP contribution in [0.25, 0.3) is 11.1 Å². The third kappa shape index (κ3) is 21.5. The largest absolute Gasteiger partial charge is 0.495 e. The fourth-order valence-electron chi connectivity index (χ4n) is 13.3. The summed E-state index contributed by atoms with van der Waals surface area (Å²) in [6.07, 6.45) is -3.81. The van der Waals surface area contributed by atoms with E-state index in [1.54, 1.807) is 35.2 Å². The fraction of sp³-hybridized carbons (Fsp3) is 0.562. The molecule has 12 heterocycles. The molecule has 0 aliphatic carbocycles. The number of halogens is 6. The number of aliphatic hydroxyl groups excluding tert-OH is 3. The van der Waals surface area contributed by atoms with Gasteiger partial charge in [0.1, 0.15) is 52.6 Å². The number of benzene rings is 2. The molecule has 9 aliphatic heterocycles. The van der Waals surface area contributed by atoms with Crippen LogP contribution < -0.4 is 45.9 Å². The number of pyridine rings is 3. The van der Waals surface area contributed by atoms with Crippen molar-refractivity contribution >= 4 is 118 Å². The first-order chi connectivity index (χ1) is 50.4. The molecule has 0 saturated carbocycles. The average Bonchev–Trinajstić information content (AvgIpc) is 1.56. The van der Waals surface area contributed by atoms with Crippen LogP contribution in [0.5, 0.6) is 0 Å². The van der Waals surface area contributed by atoms with Gasteiger partial charge in [0.25, 0.3) is 11.8 Å². The number of aromatic nitrogens is 3. The van der Waals surface area contributed by atoms with Crippen LogP contribution in [-0.4, -0.2) is 237 Å². The van der Waals surface area contributed by atoms with E-state index in [-0.39, 0.29) is 30.3 Å². The van der Waals surface area contributed by atoms with Crippen molar-refractivity contribution in [3.8, 4) is 11.1 Å². The molecule has 9 fully saturated rings. The first-order valence-corrected chi connectivity index (χ1v) is 37.3. The molecule has 5 aromatic rings. The number of amides is 7. The minimum atomic E-state index is -4.20. The average molecular weight is 1540 g/mol. The summed E-state index contributed by atoms with van der Waals surface area (Å²) in [4.78, 5) is 86.3. The molecule has 33 heteroatoms. The van der Waals surface area contributed by atoms with Gasteiger partial charge in [-0.15, -0.1) is 0 Å². The maximum absolute atomic E-state index is 12.9. The van der Waals surface area contributed by atoms with Crippen LogP contribution in [-0.2, 0) is 37.9 Å². The van der Waals surface area contributed by atoms with Gasteiger partial charge in [-0.2, -0.15) is 13.2 Å². The van der Waals surface area contributed by atoms with E-state index in [4.69, 9.17) is 68.4 Å². The van der Waals surface area contributed by atoms with Gasteiger partial charge in [-0.3, -0.25) is 24.2 Å². The summed E-state index contributed by atoms with van der Waals surface area (Å²) < 4.78 is 66.0. The van der Waals surface area contributed by atoms with Gasteiger partial charge < -0.3 is 79.3 Å². The summed E-state index contributed by atoms with van der Waals surface area (Å²) >= 11 is 17.8. The molecule has 0 radical (unpaired) electrons. The van der Waals surface area contributed by atoms with Crippen LogP contribution in [0.2, 0.25) is 15.2 Å². The fourth-order valence-corrected chi connectivity index (χ4v) is 14.0. The maximum atomic E-state index is 12.9. The van der Waals surface area contributed by atoms with Crippen LogP contribution in [0, 0.1) is 25.7 Å². The van der Waals surface area contributed by atoms with Gasteiger partial charge in [0, 0.05) is 126 Å². The predicted octanol–water partition coefficient (Wildman–Crippen LogP) is 9.12. The third-order valence-electron chi connectivity index (χ3n) is 20.3. The van der Waals surface area contributed by atoms with Crippen LogP contribution in [0.1, 0.15) is 90.7 Å². The van der Waals surface area contributed by atoms with Crippen molar-refractivity contribution in [1.29, 1.82) is 0 Å². The van der Waals surface area contributed by atoms with Crippen LogP contribution in [0.15, 0.2) is 72.8 Å². The number of urea groups is 2. The quantitative estimate of drug-likeness (QED) is 0.0531. The number of nitrogens with one attached hydrogen (secondary N) is 3. The Kier molecular flexibility index (Phi) is 27.7. The van der Waals surface area contributed by atoms with Crippen LogP contribution >= 0.6 is 34.8 Å². The molecule has 7 amide bonds. The predicted molar refractivity (Wildman–Crippen MR) is 402 cm³/mol. The normalized spacial score (nSPS) is 22.8. The van der Waals surface area contributed by atoms with Gasteiger partial charge in [-0.25, -0.2) is 24.5 Å². The van der Waals surface area contributed by atoms with E-state index in [0.717, 1.165) is 129 Å². The number of carbonyl (C=O) groups excluding carboxylic acids is 5. The van der Waals surface area contributed by atoms with Crippen molar-refractivity contribution in [2.24, 2.45) is 11.8 Å². The number of nitrogens with zero attached hydrogens (tertiary/aromatic N) is 10. The number of morpholine rings is 3. The van der Waals surface area contributed by atoms with Crippen LogP contribution in [0.3, 0.4) is 0 Å². The molecule has 3 unspecified atom stereocenters. The number of ether oxygens (including phenoxy) is 3. The first kappa shape index (κ1) is 81.2. The minimum absolute atomic E-state index is 0.0678. The number of likely N-dealkylation sites (tertiary alicyclic amines) is 2. The van der Waals surface area contributed by atoms with E-state index >= 15 is 0 Å². The second kappa shape index (κ2) is 36.2. The second-order valence-corrected chi connectivity index (χ2v) is 29.8. The molecule has 9 saturated heterocycles. The Bertz CT molecular complexity index is 3860. The molecule has 0 spiro atoms. The number of hydrogen-bond acceptors (Lipinski definition) is 19. The topological polar surface area (TPSA) is 290 Å². The van der Waals surface area contributed by atoms with Crippen molar-refractivity contribution < 1.29 is 76.0 Å². The lowest BCUT2D eigenvalue weighted by Gasteiger charge is -2.32.